The maximum atomic E-state index is 4.15. The van der Waals surface area contributed by atoms with Crippen LogP contribution in [0, 0.1) is 0 Å². The molecule has 0 saturated heterocycles. The molecule has 4 nitrogen and oxygen atoms in total. The van der Waals surface area contributed by atoms with Gasteiger partial charge >= 0.3 is 0 Å². The van der Waals surface area contributed by atoms with Gasteiger partial charge in [0, 0.05) is 32.4 Å². The minimum absolute atomic E-state index is 0.749. The van der Waals surface area contributed by atoms with Crippen LogP contribution in [0.1, 0.15) is 12.8 Å². The Kier molecular flexibility index (Phi) is 4.42. The van der Waals surface area contributed by atoms with Gasteiger partial charge < -0.3 is 10.2 Å². The second-order valence-electron chi connectivity index (χ2n) is 4.44. The third kappa shape index (κ3) is 4.29. The first-order valence-electron chi connectivity index (χ1n) is 5.69. The molecule has 94 valence electrons. The lowest BCUT2D eigenvalue weighted by atomic mass is 10.3. The molecule has 0 radical (unpaired) electrons. The average molecular weight is 270 g/mol. The highest BCUT2D eigenvalue weighted by molar-refractivity contribution is 8.01. The zero-order chi connectivity index (χ0) is 12.3. The van der Waals surface area contributed by atoms with Crippen LogP contribution in [0.2, 0.25) is 0 Å². The van der Waals surface area contributed by atoms with Gasteiger partial charge in [0.05, 0.1) is 0 Å². The zero-order valence-electron chi connectivity index (χ0n) is 10.3. The van der Waals surface area contributed by atoms with Crippen LogP contribution in [0.5, 0.6) is 0 Å². The summed E-state index contributed by atoms with van der Waals surface area (Å²) < 4.78 is 1.02. The summed E-state index contributed by atoms with van der Waals surface area (Å²) in [4.78, 5) is 1.98. The molecule has 0 unspecified atom stereocenters. The van der Waals surface area contributed by atoms with Crippen molar-refractivity contribution in [2.45, 2.75) is 23.2 Å². The summed E-state index contributed by atoms with van der Waals surface area (Å²) in [7, 11) is 3.96. The van der Waals surface area contributed by atoms with E-state index in [1.807, 2.05) is 19.0 Å². The molecular weight excluding hydrogens is 252 g/mol. The smallest absolute Gasteiger partial charge is 0.208 e. The first-order chi connectivity index (χ1) is 8.15. The average Bonchev–Trinajstić information content (AvgIpc) is 3.00. The van der Waals surface area contributed by atoms with Gasteiger partial charge in [-0.25, -0.2) is 0 Å². The van der Waals surface area contributed by atoms with Gasteiger partial charge in [0.15, 0.2) is 4.34 Å². The predicted octanol–water partition coefficient (Wildman–Crippen LogP) is 2.00. The molecule has 1 N–H and O–H groups in total. The Morgan fingerprint density at radius 3 is 2.88 bits per heavy atom. The Morgan fingerprint density at radius 2 is 2.29 bits per heavy atom. The third-order valence-corrected chi connectivity index (χ3v) is 4.77. The van der Waals surface area contributed by atoms with Crippen LogP contribution in [0.15, 0.2) is 16.5 Å². The SMILES string of the molecule is C=C(CNC1CC1)CSc1nnc(N(C)C)s1. The van der Waals surface area contributed by atoms with Gasteiger partial charge in [0.25, 0.3) is 0 Å². The standard InChI is InChI=1S/C11H18N4S2/c1-8(6-12-9-4-5-9)7-16-11-14-13-10(17-11)15(2)3/h9,12H,1,4-7H2,2-3H3. The molecule has 17 heavy (non-hydrogen) atoms. The van der Waals surface area contributed by atoms with Crippen LogP contribution in [-0.2, 0) is 0 Å². The topological polar surface area (TPSA) is 41.1 Å². The van der Waals surface area contributed by atoms with Gasteiger partial charge in [-0.2, -0.15) is 0 Å². The van der Waals surface area contributed by atoms with Crippen molar-refractivity contribution in [1.82, 2.24) is 15.5 Å². The van der Waals surface area contributed by atoms with Gasteiger partial charge in [-0.3, -0.25) is 0 Å². The molecule has 0 aromatic carbocycles. The fourth-order valence-electron chi connectivity index (χ4n) is 1.23. The van der Waals surface area contributed by atoms with E-state index < -0.39 is 0 Å². The lowest BCUT2D eigenvalue weighted by Gasteiger charge is -2.05. The Hall–Kier alpha value is -0.590. The summed E-state index contributed by atoms with van der Waals surface area (Å²) in [5, 5.41) is 12.7. The van der Waals surface area contributed by atoms with Crippen molar-refractivity contribution >= 4 is 28.2 Å². The molecule has 0 spiro atoms. The third-order valence-electron chi connectivity index (χ3n) is 2.40. The lowest BCUT2D eigenvalue weighted by molar-refractivity contribution is 0.736. The van der Waals surface area contributed by atoms with E-state index in [2.05, 4.69) is 22.1 Å². The number of aromatic nitrogens is 2. The van der Waals surface area contributed by atoms with E-state index in [1.165, 1.54) is 18.4 Å². The highest BCUT2D eigenvalue weighted by atomic mass is 32.2. The van der Waals surface area contributed by atoms with E-state index in [0.717, 1.165) is 27.8 Å². The molecule has 2 rings (SSSR count). The van der Waals surface area contributed by atoms with Crippen LogP contribution in [0.3, 0.4) is 0 Å². The van der Waals surface area contributed by atoms with E-state index in [1.54, 1.807) is 23.1 Å². The number of thioether (sulfide) groups is 1. The molecule has 0 amide bonds. The first kappa shape index (κ1) is 12.9. The van der Waals surface area contributed by atoms with Crippen molar-refractivity contribution in [2.75, 3.05) is 31.3 Å². The Bertz CT molecular complexity index is 385. The second kappa shape index (κ2) is 5.84. The number of rotatable bonds is 7. The van der Waals surface area contributed by atoms with Crippen LogP contribution in [0.25, 0.3) is 0 Å². The van der Waals surface area contributed by atoms with Crippen molar-refractivity contribution in [2.24, 2.45) is 0 Å². The first-order valence-corrected chi connectivity index (χ1v) is 7.49. The molecule has 1 aliphatic rings. The molecule has 1 fully saturated rings. The summed E-state index contributed by atoms with van der Waals surface area (Å²) in [6.07, 6.45) is 2.64. The maximum absolute atomic E-state index is 4.15. The molecule has 1 aromatic heterocycles. The second-order valence-corrected chi connectivity index (χ2v) is 6.62. The molecule has 0 bridgehead atoms. The molecule has 0 atom stereocenters. The predicted molar refractivity (Wildman–Crippen MR) is 75.1 cm³/mol. The largest absolute Gasteiger partial charge is 0.353 e. The summed E-state index contributed by atoms with van der Waals surface area (Å²) in [6.45, 7) is 5.00. The minimum Gasteiger partial charge on any atom is -0.353 e. The molecule has 1 saturated carbocycles. The van der Waals surface area contributed by atoms with E-state index >= 15 is 0 Å². The molecular formula is C11H18N4S2. The van der Waals surface area contributed by atoms with Crippen LogP contribution < -0.4 is 10.2 Å². The summed E-state index contributed by atoms with van der Waals surface area (Å²) in [6, 6.07) is 0.749. The molecule has 0 aliphatic heterocycles. The number of anilines is 1. The van der Waals surface area contributed by atoms with Crippen molar-refractivity contribution in [3.63, 3.8) is 0 Å². The van der Waals surface area contributed by atoms with Crippen molar-refractivity contribution < 1.29 is 0 Å². The highest BCUT2D eigenvalue weighted by Gasteiger charge is 2.20. The van der Waals surface area contributed by atoms with E-state index in [0.29, 0.717) is 0 Å². The van der Waals surface area contributed by atoms with Gasteiger partial charge in [-0.05, 0) is 12.8 Å². The van der Waals surface area contributed by atoms with Crippen molar-refractivity contribution in [3.8, 4) is 0 Å². The molecule has 1 aromatic rings. The monoisotopic (exact) mass is 270 g/mol. The molecule has 6 heteroatoms. The summed E-state index contributed by atoms with van der Waals surface area (Å²) in [5.74, 6) is 0.918. The van der Waals surface area contributed by atoms with E-state index in [-0.39, 0.29) is 0 Å². The van der Waals surface area contributed by atoms with E-state index in [4.69, 9.17) is 0 Å². The zero-order valence-corrected chi connectivity index (χ0v) is 11.9. The normalized spacial score (nSPS) is 14.9. The minimum atomic E-state index is 0.749. The number of hydrogen-bond acceptors (Lipinski definition) is 6. The highest BCUT2D eigenvalue weighted by Crippen LogP contribution is 2.28. The van der Waals surface area contributed by atoms with Crippen molar-refractivity contribution in [3.05, 3.63) is 12.2 Å². The van der Waals surface area contributed by atoms with E-state index in [9.17, 15) is 0 Å². The van der Waals surface area contributed by atoms with Gasteiger partial charge in [-0.15, -0.1) is 10.2 Å². The molecule has 1 heterocycles. The lowest BCUT2D eigenvalue weighted by Crippen LogP contribution is -2.19. The summed E-state index contributed by atoms with van der Waals surface area (Å²) >= 11 is 3.34. The maximum Gasteiger partial charge on any atom is 0.208 e. The Labute approximate surface area is 111 Å². The fraction of sp³-hybridized carbons (Fsp3) is 0.636. The van der Waals surface area contributed by atoms with Gasteiger partial charge in [0.1, 0.15) is 0 Å². The van der Waals surface area contributed by atoms with Gasteiger partial charge in [-0.1, -0.05) is 35.3 Å². The van der Waals surface area contributed by atoms with Crippen LogP contribution in [0.4, 0.5) is 5.13 Å². The number of nitrogens with one attached hydrogen (secondary N) is 1. The number of hydrogen-bond donors (Lipinski definition) is 1. The van der Waals surface area contributed by atoms with Crippen LogP contribution in [-0.4, -0.2) is 42.6 Å². The Morgan fingerprint density at radius 1 is 1.53 bits per heavy atom. The molecule has 1 aliphatic carbocycles. The number of nitrogens with zero attached hydrogens (tertiary/aromatic N) is 3. The fourth-order valence-corrected chi connectivity index (χ4v) is 2.90. The van der Waals surface area contributed by atoms with Gasteiger partial charge in [0.2, 0.25) is 5.13 Å². The Balaban J connectivity index is 1.70. The summed E-state index contributed by atoms with van der Waals surface area (Å²) in [5.41, 5.74) is 1.23. The van der Waals surface area contributed by atoms with Crippen LogP contribution >= 0.6 is 23.1 Å². The van der Waals surface area contributed by atoms with Crippen molar-refractivity contribution in [1.29, 1.82) is 0 Å². The quantitative estimate of drug-likeness (QED) is 0.606.